The van der Waals surface area contributed by atoms with Crippen molar-refractivity contribution < 1.29 is 17.6 Å². The third kappa shape index (κ3) is 10.4. The van der Waals surface area contributed by atoms with Crippen LogP contribution in [0.25, 0.3) is 179 Å². The maximum atomic E-state index is 14.3. The lowest BCUT2D eigenvalue weighted by Crippen LogP contribution is -2.17. The Hall–Kier alpha value is -14.1. The fourth-order valence-electron chi connectivity index (χ4n) is 14.6. The van der Waals surface area contributed by atoms with Gasteiger partial charge in [0.1, 0.15) is 16.9 Å². The van der Waals surface area contributed by atoms with Crippen LogP contribution in [0.5, 0.6) is 0 Å². The first kappa shape index (κ1) is 63.1. The predicted molar refractivity (Wildman–Crippen MR) is 412 cm³/mol. The minimum Gasteiger partial charge on any atom is -0.305 e. The van der Waals surface area contributed by atoms with Gasteiger partial charge in [-0.1, -0.05) is 274 Å². The van der Waals surface area contributed by atoms with Gasteiger partial charge in [0.2, 0.25) is 0 Å². The van der Waals surface area contributed by atoms with Crippen LogP contribution in [0.15, 0.2) is 315 Å². The summed E-state index contributed by atoms with van der Waals surface area (Å²) in [5, 5.41) is 8.96. The molecule has 500 valence electrons. The van der Waals surface area contributed by atoms with Crippen LogP contribution >= 0.6 is 0 Å². The van der Waals surface area contributed by atoms with Crippen molar-refractivity contribution in [3.8, 4) is 91.3 Å². The molecule has 0 radical (unpaired) electrons. The minimum absolute atomic E-state index is 0. The number of para-hydroxylation sites is 8. The third-order valence-electron chi connectivity index (χ3n) is 19.1. The molecule has 12 aromatic carbocycles. The zero-order valence-corrected chi connectivity index (χ0v) is 54.9. The van der Waals surface area contributed by atoms with Crippen LogP contribution in [0.3, 0.4) is 0 Å². The molecule has 0 bridgehead atoms. The summed E-state index contributed by atoms with van der Waals surface area (Å²) < 4.78 is 65.3. The smallest absolute Gasteiger partial charge is 0.252 e. The Balaban J connectivity index is 0.000000227. The number of nitrogens with zero attached hydrogens (tertiary/aromatic N) is 12. The molecule has 0 saturated carbocycles. The second-order valence-electron chi connectivity index (χ2n) is 25.1. The van der Waals surface area contributed by atoms with Gasteiger partial charge in [0.15, 0.2) is 58.2 Å². The quantitative estimate of drug-likeness (QED) is 0.0980. The van der Waals surface area contributed by atoms with Crippen molar-refractivity contribution in [2.24, 2.45) is 0 Å². The Labute approximate surface area is 597 Å². The lowest BCUT2D eigenvalue weighted by atomic mass is 10.1. The molecule has 20 rings (SSSR count). The van der Waals surface area contributed by atoms with E-state index in [2.05, 4.69) is 257 Å². The second kappa shape index (κ2) is 25.8. The number of halogens is 4. The third-order valence-corrected chi connectivity index (χ3v) is 19.1. The van der Waals surface area contributed by atoms with Gasteiger partial charge in [0, 0.05) is 65.3 Å². The molecule has 0 spiro atoms. The summed E-state index contributed by atoms with van der Waals surface area (Å²) in [6.45, 7) is 0. The van der Waals surface area contributed by atoms with Gasteiger partial charge in [0.05, 0.1) is 49.7 Å². The molecule has 0 unspecified atom stereocenters. The predicted octanol–water partition coefficient (Wildman–Crippen LogP) is 22.1. The van der Waals surface area contributed by atoms with Crippen LogP contribution < -0.4 is 0 Å². The summed E-state index contributed by atoms with van der Waals surface area (Å²) in [7, 11) is 0. The number of hydrogen-bond donors (Lipinski definition) is 0. The molecule has 0 aliphatic rings. The Kier molecular flexibility index (Phi) is 15.5. The SMILES string of the molecule is C.Fc1nc(F)c(F)c(-c2nc(-c3ccccc3)nc(-c3ccccc3)n2)c1F.c1ccc(-c2nc(-c3ccccc3)nc(-c3c(-n4c5ccccc5c5ccccc54)c(-n4c5ccccc5c5ccccc54)nc(-n4c5ccccc5c5ccccc54)c3-n3c4ccccc4c4ccccc43)n2)cc1. The lowest BCUT2D eigenvalue weighted by Gasteiger charge is -2.26. The second-order valence-corrected chi connectivity index (χ2v) is 25.1. The van der Waals surface area contributed by atoms with E-state index < -0.39 is 34.9 Å². The number of fused-ring (bicyclic) bond motifs is 12. The molecule has 8 aromatic heterocycles. The number of hydrogen-bond acceptors (Lipinski definition) is 8. The molecule has 0 atom stereocenters. The molecule has 0 aliphatic carbocycles. The number of benzene rings is 12. The van der Waals surface area contributed by atoms with E-state index >= 15 is 0 Å². The summed E-state index contributed by atoms with van der Waals surface area (Å²) in [6.07, 6.45) is 0. The Morgan fingerprint density at radius 3 is 0.638 bits per heavy atom. The average Bonchev–Trinajstić information content (AvgIpc) is 1.64. The van der Waals surface area contributed by atoms with Crippen molar-refractivity contribution in [2.45, 2.75) is 7.43 Å². The van der Waals surface area contributed by atoms with Crippen molar-refractivity contribution in [1.29, 1.82) is 0 Å². The summed E-state index contributed by atoms with van der Waals surface area (Å²) in [6, 6.07) is 107. The van der Waals surface area contributed by atoms with Gasteiger partial charge in [-0.2, -0.15) is 13.8 Å². The van der Waals surface area contributed by atoms with Gasteiger partial charge in [-0.3, -0.25) is 9.13 Å². The molecule has 0 aliphatic heterocycles. The minimum atomic E-state index is -1.78. The van der Waals surface area contributed by atoms with Gasteiger partial charge >= 0.3 is 0 Å². The monoisotopic (exact) mass is 1370 g/mol. The largest absolute Gasteiger partial charge is 0.305 e. The Morgan fingerprint density at radius 2 is 0.390 bits per heavy atom. The van der Waals surface area contributed by atoms with Crippen molar-refractivity contribution in [2.75, 3.05) is 0 Å². The molecule has 16 heteroatoms. The van der Waals surface area contributed by atoms with E-state index in [1.807, 2.05) is 36.4 Å². The molecule has 0 N–H and O–H groups in total. The van der Waals surface area contributed by atoms with Gasteiger partial charge in [-0.05, 0) is 48.5 Å². The van der Waals surface area contributed by atoms with Crippen LogP contribution in [0.2, 0.25) is 0 Å². The van der Waals surface area contributed by atoms with E-state index in [0.717, 1.165) is 115 Å². The first-order valence-electron chi connectivity index (χ1n) is 33.8. The average molecular weight is 1370 g/mol. The Morgan fingerprint density at radius 1 is 0.190 bits per heavy atom. The topological polar surface area (TPSA) is 123 Å². The zero-order valence-electron chi connectivity index (χ0n) is 54.9. The highest BCUT2D eigenvalue weighted by molar-refractivity contribution is 6.15. The van der Waals surface area contributed by atoms with Gasteiger partial charge in [0.25, 0.3) is 11.9 Å². The maximum absolute atomic E-state index is 14.3. The fourth-order valence-corrected chi connectivity index (χ4v) is 14.6. The van der Waals surface area contributed by atoms with Crippen LogP contribution in [0, 0.1) is 23.5 Å². The van der Waals surface area contributed by atoms with E-state index in [-0.39, 0.29) is 19.1 Å². The van der Waals surface area contributed by atoms with Crippen LogP contribution in [-0.2, 0) is 0 Å². The summed E-state index contributed by atoms with van der Waals surface area (Å²) in [5.41, 5.74) is 12.4. The molecule has 20 aromatic rings. The van der Waals surface area contributed by atoms with Gasteiger partial charge in [-0.15, -0.1) is 0 Å². The highest BCUT2D eigenvalue weighted by Gasteiger charge is 2.35. The van der Waals surface area contributed by atoms with E-state index in [9.17, 15) is 17.6 Å². The first-order valence-corrected chi connectivity index (χ1v) is 33.8. The number of aromatic nitrogens is 12. The normalized spacial score (nSPS) is 11.5. The van der Waals surface area contributed by atoms with Crippen LogP contribution in [0.1, 0.15) is 7.43 Å². The number of rotatable bonds is 10. The van der Waals surface area contributed by atoms with E-state index in [1.165, 1.54) is 0 Å². The number of pyridine rings is 2. The van der Waals surface area contributed by atoms with Crippen molar-refractivity contribution in [3.63, 3.8) is 0 Å². The van der Waals surface area contributed by atoms with Crippen molar-refractivity contribution in [1.82, 2.24) is 58.1 Å². The standard InChI is InChI=1S/C68H42N8.C20H10F4N4.CH4/c1-3-23-43(24-4-1)64-69-65(44-25-5-2-6-26-44)71-66(70-64)61-62(73-53-35-15-7-27-45(53)46-28-8-16-36-54(46)73)67(75-57-39-19-11-31-49(57)50-32-12-20-40-58(50)75)72-68(76-59-41-21-13-33-51(59)52-34-14-22-42-60(52)76)63(61)74-55-37-17-9-29-47(55)48-30-10-18-38-56(48)74;21-14-13(15(22)17(24)25-16(14)23)20-27-18(11-7-3-1-4-8-11)26-19(28-20)12-9-5-2-6-10-12;/h1-42H;1-10H;1H4. The van der Waals surface area contributed by atoms with Gasteiger partial charge < -0.3 is 9.13 Å². The fraction of sp³-hybridized carbons (Fsp3) is 0.0112. The zero-order chi connectivity index (χ0) is 69.5. The molecular weight excluding hydrogens is 1310 g/mol. The lowest BCUT2D eigenvalue weighted by molar-refractivity contribution is 0.410. The summed E-state index contributed by atoms with van der Waals surface area (Å²) in [5.74, 6) is -4.23. The van der Waals surface area contributed by atoms with Crippen LogP contribution in [-0.4, -0.2) is 58.1 Å². The highest BCUT2D eigenvalue weighted by Crippen LogP contribution is 2.49. The first-order chi connectivity index (χ1) is 51.3. The van der Waals surface area contributed by atoms with Crippen molar-refractivity contribution >= 4 is 87.2 Å². The molecule has 12 nitrogen and oxygen atoms in total. The molecule has 8 heterocycles. The van der Waals surface area contributed by atoms with E-state index in [1.54, 1.807) is 60.7 Å². The van der Waals surface area contributed by atoms with Crippen LogP contribution in [0.4, 0.5) is 17.6 Å². The molecule has 0 amide bonds. The summed E-state index contributed by atoms with van der Waals surface area (Å²) in [4.78, 5) is 38.2. The van der Waals surface area contributed by atoms with Crippen molar-refractivity contribution in [3.05, 3.63) is 339 Å². The molecular formula is C89H56F4N12. The van der Waals surface area contributed by atoms with E-state index in [0.29, 0.717) is 40.2 Å². The van der Waals surface area contributed by atoms with Gasteiger partial charge in [-0.25, -0.2) is 43.7 Å². The van der Waals surface area contributed by atoms with E-state index in [4.69, 9.17) is 19.9 Å². The molecule has 105 heavy (non-hydrogen) atoms. The maximum Gasteiger partial charge on any atom is 0.252 e. The Bertz CT molecular complexity index is 6190. The highest BCUT2D eigenvalue weighted by atomic mass is 19.2. The summed E-state index contributed by atoms with van der Waals surface area (Å²) >= 11 is 0. The molecule has 0 saturated heterocycles. The molecule has 0 fully saturated rings.